The molecular weight excluding hydrogens is 628 g/mol. The van der Waals surface area contributed by atoms with Gasteiger partial charge in [0.2, 0.25) is 5.78 Å². The maximum absolute atomic E-state index is 13.9. The van der Waals surface area contributed by atoms with Crippen molar-refractivity contribution >= 4 is 23.0 Å². The van der Waals surface area contributed by atoms with Crippen molar-refractivity contribution in [3.63, 3.8) is 0 Å². The highest BCUT2D eigenvalue weighted by molar-refractivity contribution is 6.31. The second-order valence-corrected chi connectivity index (χ2v) is 12.3. The van der Waals surface area contributed by atoms with E-state index >= 15 is 0 Å². The Bertz CT molecular complexity index is 1860. The molecular formula is C34H34N2O12. The number of carbonyl (C=O) groups is 3. The fourth-order valence-corrected chi connectivity index (χ4v) is 6.91. The van der Waals surface area contributed by atoms with Crippen LogP contribution in [0.2, 0.25) is 0 Å². The van der Waals surface area contributed by atoms with Gasteiger partial charge in [0.1, 0.15) is 22.8 Å². The first kappa shape index (κ1) is 33.2. The Morgan fingerprint density at radius 2 is 1.79 bits per heavy atom. The lowest BCUT2D eigenvalue weighted by molar-refractivity contribution is -0.385. The van der Waals surface area contributed by atoms with Gasteiger partial charge in [-0.1, -0.05) is 30.3 Å². The van der Waals surface area contributed by atoms with Crippen molar-refractivity contribution in [1.29, 1.82) is 0 Å². The van der Waals surface area contributed by atoms with Gasteiger partial charge >= 0.3 is 0 Å². The first-order valence-electron chi connectivity index (χ1n) is 15.3. The summed E-state index contributed by atoms with van der Waals surface area (Å²) in [6.45, 7) is 2.79. The molecule has 6 unspecified atom stereocenters. The lowest BCUT2D eigenvalue weighted by Gasteiger charge is -2.43. The van der Waals surface area contributed by atoms with Gasteiger partial charge in [0.15, 0.2) is 17.9 Å². The monoisotopic (exact) mass is 662 g/mol. The minimum Gasteiger partial charge on any atom is -0.507 e. The number of methoxy groups -OCH3 is 1. The second kappa shape index (κ2) is 12.4. The first-order valence-corrected chi connectivity index (χ1v) is 15.3. The van der Waals surface area contributed by atoms with E-state index in [0.29, 0.717) is 5.56 Å². The van der Waals surface area contributed by atoms with Gasteiger partial charge in [-0.15, -0.1) is 0 Å². The molecule has 1 fully saturated rings. The lowest BCUT2D eigenvalue weighted by atomic mass is 9.72. The fourth-order valence-electron chi connectivity index (χ4n) is 6.91. The highest BCUT2D eigenvalue weighted by Gasteiger charge is 2.49. The zero-order valence-corrected chi connectivity index (χ0v) is 26.3. The van der Waals surface area contributed by atoms with Crippen LogP contribution in [0.4, 0.5) is 5.69 Å². The number of ketones is 3. The number of nitro benzene ring substituents is 1. The van der Waals surface area contributed by atoms with Crippen LogP contribution in [0.1, 0.15) is 81.3 Å². The number of nitrogens with zero attached hydrogens (tertiary/aromatic N) is 1. The summed E-state index contributed by atoms with van der Waals surface area (Å²) in [7, 11) is 1.32. The number of phenolic OH excluding ortho intramolecular Hbond substituents is 2. The average Bonchev–Trinajstić information content (AvgIpc) is 3.05. The van der Waals surface area contributed by atoms with Crippen molar-refractivity contribution in [1.82, 2.24) is 5.32 Å². The summed E-state index contributed by atoms with van der Waals surface area (Å²) in [6, 6.07) is 9.86. The molecule has 0 amide bonds. The van der Waals surface area contributed by atoms with Gasteiger partial charge in [-0.3, -0.25) is 24.5 Å². The molecule has 3 aromatic rings. The third-order valence-corrected chi connectivity index (χ3v) is 9.50. The Balaban J connectivity index is 1.37. The number of ether oxygens (including phenoxy) is 3. The molecule has 48 heavy (non-hydrogen) atoms. The van der Waals surface area contributed by atoms with Crippen LogP contribution in [0.15, 0.2) is 42.5 Å². The first-order chi connectivity index (χ1) is 22.8. The quantitative estimate of drug-likeness (QED) is 0.104. The van der Waals surface area contributed by atoms with E-state index in [1.54, 1.807) is 25.1 Å². The van der Waals surface area contributed by atoms with Gasteiger partial charge in [0.05, 0.1) is 47.0 Å². The minimum absolute atomic E-state index is 0.00382. The topological polar surface area (TPSA) is 215 Å². The van der Waals surface area contributed by atoms with Crippen LogP contribution in [-0.2, 0) is 27.2 Å². The van der Waals surface area contributed by atoms with E-state index in [9.17, 15) is 44.9 Å². The van der Waals surface area contributed by atoms with Crippen molar-refractivity contribution in [2.24, 2.45) is 0 Å². The number of rotatable bonds is 8. The molecule has 0 aromatic heterocycles. The third-order valence-electron chi connectivity index (χ3n) is 9.50. The third kappa shape index (κ3) is 5.41. The van der Waals surface area contributed by atoms with E-state index in [0.717, 1.165) is 6.92 Å². The number of para-hydroxylation sites is 1. The van der Waals surface area contributed by atoms with E-state index in [-0.39, 0.29) is 46.7 Å². The number of Topliss-reactive ketones (excluding diaryl/α,β-unsaturated/α-hetero) is 1. The van der Waals surface area contributed by atoms with Gasteiger partial charge in [0, 0.05) is 60.2 Å². The smallest absolute Gasteiger partial charge is 0.273 e. The van der Waals surface area contributed by atoms with Crippen molar-refractivity contribution in [3.05, 3.63) is 91.5 Å². The Kier molecular flexibility index (Phi) is 8.56. The van der Waals surface area contributed by atoms with Crippen molar-refractivity contribution in [2.75, 3.05) is 7.11 Å². The van der Waals surface area contributed by atoms with Crippen LogP contribution >= 0.6 is 0 Å². The largest absolute Gasteiger partial charge is 0.507 e. The van der Waals surface area contributed by atoms with Gasteiger partial charge < -0.3 is 40.0 Å². The minimum atomic E-state index is -2.08. The van der Waals surface area contributed by atoms with Crippen molar-refractivity contribution < 1.29 is 53.9 Å². The van der Waals surface area contributed by atoms with E-state index < -0.39 is 94.0 Å². The van der Waals surface area contributed by atoms with Crippen molar-refractivity contribution in [3.8, 4) is 17.2 Å². The van der Waals surface area contributed by atoms with Gasteiger partial charge in [-0.05, 0) is 19.9 Å². The van der Waals surface area contributed by atoms with Gasteiger partial charge in [0.25, 0.3) is 5.69 Å². The van der Waals surface area contributed by atoms with Gasteiger partial charge in [-0.2, -0.15) is 0 Å². The molecule has 1 aliphatic heterocycles. The summed E-state index contributed by atoms with van der Waals surface area (Å²) in [5.74, 6) is -3.42. The summed E-state index contributed by atoms with van der Waals surface area (Å²) in [6.07, 6.45) is -5.18. The van der Waals surface area contributed by atoms with Crippen LogP contribution < -0.4 is 10.1 Å². The van der Waals surface area contributed by atoms with Crippen LogP contribution in [0, 0.1) is 10.1 Å². The number of carbonyl (C=O) groups excluding carboxylic acids is 3. The Morgan fingerprint density at radius 3 is 2.48 bits per heavy atom. The van der Waals surface area contributed by atoms with E-state index in [1.807, 2.05) is 0 Å². The number of hydrogen-bond acceptors (Lipinski definition) is 13. The molecule has 0 saturated carbocycles. The summed E-state index contributed by atoms with van der Waals surface area (Å²) in [5, 5.41) is 60.2. The molecule has 1 saturated heterocycles. The van der Waals surface area contributed by atoms with Gasteiger partial charge in [-0.25, -0.2) is 0 Å². The molecule has 5 N–H and O–H groups in total. The standard InChI is InChI=1S/C34H34N2O12/c1-15-29(38)20(35-14-17-7-4-5-9-21(17)36(44)45)11-24(47-15)48-23-13-34(43,16(2)37)12-19-26(23)33(42)28-27(31(19)40)30(39)18-8-6-10-22(46-3)25(18)32(28)41/h4-10,15,20,23-24,29,35,38,40,42-43H,11-14H2,1-3H3. The lowest BCUT2D eigenvalue weighted by Crippen LogP contribution is -2.54. The number of hydrogen-bond donors (Lipinski definition) is 5. The maximum Gasteiger partial charge on any atom is 0.273 e. The number of aliphatic hydroxyl groups excluding tert-OH is 1. The number of phenols is 2. The zero-order chi connectivity index (χ0) is 34.7. The van der Waals surface area contributed by atoms with E-state index in [2.05, 4.69) is 5.32 Å². The highest BCUT2D eigenvalue weighted by atomic mass is 16.7. The molecule has 0 bridgehead atoms. The van der Waals surface area contributed by atoms with Crippen molar-refractivity contribution in [2.45, 2.75) is 75.9 Å². The molecule has 3 aliphatic rings. The SMILES string of the molecule is COc1cccc2c1C(=O)c1c(O)c3c(c(O)c1C2=O)CC(O)(C(C)=O)CC3OC1CC(NCc2ccccc2[N+](=O)[O-])C(O)C(C)O1. The molecule has 6 rings (SSSR count). The number of fused-ring (bicyclic) bond motifs is 3. The summed E-state index contributed by atoms with van der Waals surface area (Å²) in [5.41, 5.74) is -3.08. The molecule has 6 atom stereocenters. The van der Waals surface area contributed by atoms with Crippen LogP contribution in [-0.4, -0.2) is 79.9 Å². The number of benzene rings is 3. The maximum atomic E-state index is 13.9. The van der Waals surface area contributed by atoms with Crippen LogP contribution in [0.5, 0.6) is 17.2 Å². The average molecular weight is 663 g/mol. The van der Waals surface area contributed by atoms with Crippen LogP contribution in [0.3, 0.4) is 0 Å². The molecule has 14 nitrogen and oxygen atoms in total. The Labute approximate surface area is 274 Å². The summed E-state index contributed by atoms with van der Waals surface area (Å²) < 4.78 is 17.5. The summed E-state index contributed by atoms with van der Waals surface area (Å²) >= 11 is 0. The number of aromatic hydroxyl groups is 2. The van der Waals surface area contributed by atoms with E-state index in [4.69, 9.17) is 14.2 Å². The second-order valence-electron chi connectivity index (χ2n) is 12.3. The van der Waals surface area contributed by atoms with Crippen LogP contribution in [0.25, 0.3) is 0 Å². The number of nitro groups is 1. The fraction of sp³-hybridized carbons (Fsp3) is 0.382. The molecule has 3 aromatic carbocycles. The number of aliphatic hydroxyl groups is 2. The molecule has 0 radical (unpaired) electrons. The zero-order valence-electron chi connectivity index (χ0n) is 26.3. The Morgan fingerprint density at radius 1 is 1.08 bits per heavy atom. The molecule has 1 heterocycles. The molecule has 2 aliphatic carbocycles. The normalized spacial score (nSPS) is 26.3. The molecule has 0 spiro atoms. The Hall–Kier alpha value is -4.73. The number of nitrogens with one attached hydrogen (secondary N) is 1. The summed E-state index contributed by atoms with van der Waals surface area (Å²) in [4.78, 5) is 51.3. The predicted octanol–water partition coefficient (Wildman–Crippen LogP) is 2.77. The predicted molar refractivity (Wildman–Crippen MR) is 166 cm³/mol. The van der Waals surface area contributed by atoms with E-state index in [1.165, 1.54) is 31.4 Å². The molecule has 252 valence electrons. The molecule has 14 heteroatoms. The highest BCUT2D eigenvalue weighted by Crippen LogP contribution is 2.52.